The van der Waals surface area contributed by atoms with Gasteiger partial charge < -0.3 is 15.0 Å². The lowest BCUT2D eigenvalue weighted by molar-refractivity contribution is -0.128. The fourth-order valence-electron chi connectivity index (χ4n) is 2.19. The lowest BCUT2D eigenvalue weighted by Gasteiger charge is -2.33. The first-order valence-electron chi connectivity index (χ1n) is 6.49. The average molecular weight is 260 g/mol. The van der Waals surface area contributed by atoms with E-state index in [4.69, 9.17) is 4.74 Å². The normalized spacial score (nSPS) is 21.3. The number of benzene rings is 1. The highest BCUT2D eigenvalue weighted by molar-refractivity contribution is 5.95. The third-order valence-electron chi connectivity index (χ3n) is 3.37. The van der Waals surface area contributed by atoms with Crippen LogP contribution in [0.15, 0.2) is 24.3 Å². The number of anilines is 1. The Morgan fingerprint density at radius 2 is 2.05 bits per heavy atom. The number of rotatable bonds is 2. The Bertz CT molecular complexity index is 525. The lowest BCUT2D eigenvalue weighted by Crippen LogP contribution is -2.50. The van der Waals surface area contributed by atoms with Gasteiger partial charge in [-0.15, -0.1) is 0 Å². The van der Waals surface area contributed by atoms with Gasteiger partial charge in [-0.2, -0.15) is 0 Å². The molecule has 2 aliphatic rings. The molecule has 1 unspecified atom stereocenters. The molecule has 5 heteroatoms. The van der Waals surface area contributed by atoms with E-state index in [1.807, 2.05) is 18.2 Å². The van der Waals surface area contributed by atoms with E-state index >= 15 is 0 Å². The van der Waals surface area contributed by atoms with Gasteiger partial charge in [-0.25, -0.2) is 0 Å². The Hall–Kier alpha value is -2.04. The molecular formula is C14H16N2O3. The van der Waals surface area contributed by atoms with Gasteiger partial charge >= 0.3 is 0 Å². The Balaban J connectivity index is 1.83. The van der Waals surface area contributed by atoms with E-state index in [9.17, 15) is 9.59 Å². The first-order valence-corrected chi connectivity index (χ1v) is 6.49. The van der Waals surface area contributed by atoms with Crippen LogP contribution >= 0.6 is 0 Å². The van der Waals surface area contributed by atoms with Crippen molar-refractivity contribution in [3.8, 4) is 5.75 Å². The largest absolute Gasteiger partial charge is 0.477 e. The van der Waals surface area contributed by atoms with E-state index in [-0.39, 0.29) is 18.4 Å². The second-order valence-corrected chi connectivity index (χ2v) is 4.99. The SMILES string of the molecule is CC(=O)N1CC(C(=O)NC2CC2)Oc2ccccc21. The van der Waals surface area contributed by atoms with E-state index < -0.39 is 6.10 Å². The number of nitrogens with zero attached hydrogens (tertiary/aromatic N) is 1. The predicted molar refractivity (Wildman–Crippen MR) is 70.0 cm³/mol. The van der Waals surface area contributed by atoms with E-state index in [0.717, 1.165) is 18.5 Å². The van der Waals surface area contributed by atoms with Gasteiger partial charge in [0.2, 0.25) is 5.91 Å². The van der Waals surface area contributed by atoms with Gasteiger partial charge in [-0.05, 0) is 25.0 Å². The molecule has 0 spiro atoms. The number of ether oxygens (including phenoxy) is 1. The van der Waals surface area contributed by atoms with Crippen LogP contribution in [0.2, 0.25) is 0 Å². The number of nitrogens with one attached hydrogen (secondary N) is 1. The average Bonchev–Trinajstić information content (AvgIpc) is 3.21. The standard InChI is InChI=1S/C14H16N2O3/c1-9(17)16-8-13(14(18)15-10-6-7-10)19-12-5-3-2-4-11(12)16/h2-5,10,13H,6-8H2,1H3,(H,15,18). The Labute approximate surface area is 111 Å². The molecule has 1 fully saturated rings. The zero-order valence-electron chi connectivity index (χ0n) is 10.8. The smallest absolute Gasteiger partial charge is 0.263 e. The van der Waals surface area contributed by atoms with Crippen molar-refractivity contribution in [2.24, 2.45) is 0 Å². The van der Waals surface area contributed by atoms with Crippen LogP contribution in [0.4, 0.5) is 5.69 Å². The predicted octanol–water partition coefficient (Wildman–Crippen LogP) is 1.08. The molecule has 100 valence electrons. The molecule has 1 atom stereocenters. The third kappa shape index (κ3) is 2.41. The van der Waals surface area contributed by atoms with Crippen molar-refractivity contribution in [3.05, 3.63) is 24.3 Å². The highest BCUT2D eigenvalue weighted by Crippen LogP contribution is 2.33. The molecule has 1 saturated carbocycles. The lowest BCUT2D eigenvalue weighted by atomic mass is 10.1. The number of hydrogen-bond donors (Lipinski definition) is 1. The first-order chi connectivity index (χ1) is 9.15. The summed E-state index contributed by atoms with van der Waals surface area (Å²) >= 11 is 0. The monoisotopic (exact) mass is 260 g/mol. The van der Waals surface area contributed by atoms with Crippen molar-refractivity contribution in [3.63, 3.8) is 0 Å². The third-order valence-corrected chi connectivity index (χ3v) is 3.37. The molecule has 1 aliphatic carbocycles. The Kier molecular flexibility index (Phi) is 2.89. The fraction of sp³-hybridized carbons (Fsp3) is 0.429. The van der Waals surface area contributed by atoms with Crippen LogP contribution in [-0.4, -0.2) is 30.5 Å². The number of amides is 2. The molecule has 0 aromatic heterocycles. The van der Waals surface area contributed by atoms with Crippen LogP contribution in [-0.2, 0) is 9.59 Å². The fourth-order valence-corrected chi connectivity index (χ4v) is 2.19. The number of hydrogen-bond acceptors (Lipinski definition) is 3. The summed E-state index contributed by atoms with van der Waals surface area (Å²) < 4.78 is 5.70. The number of carbonyl (C=O) groups is 2. The number of carbonyl (C=O) groups excluding carboxylic acids is 2. The molecule has 3 rings (SSSR count). The maximum atomic E-state index is 12.1. The quantitative estimate of drug-likeness (QED) is 0.865. The molecule has 0 saturated heterocycles. The van der Waals surface area contributed by atoms with Crippen molar-refractivity contribution in [2.45, 2.75) is 31.9 Å². The van der Waals surface area contributed by atoms with E-state index in [0.29, 0.717) is 11.8 Å². The summed E-state index contributed by atoms with van der Waals surface area (Å²) in [7, 11) is 0. The van der Waals surface area contributed by atoms with Crippen molar-refractivity contribution >= 4 is 17.5 Å². The summed E-state index contributed by atoms with van der Waals surface area (Å²) in [6, 6.07) is 7.58. The minimum Gasteiger partial charge on any atom is -0.477 e. The number of fused-ring (bicyclic) bond motifs is 1. The van der Waals surface area contributed by atoms with Crippen LogP contribution in [0, 0.1) is 0 Å². The summed E-state index contributed by atoms with van der Waals surface area (Å²) in [5, 5.41) is 2.91. The molecule has 2 amide bonds. The summed E-state index contributed by atoms with van der Waals surface area (Å²) in [4.78, 5) is 25.3. The van der Waals surface area contributed by atoms with E-state index in [1.165, 1.54) is 6.92 Å². The summed E-state index contributed by atoms with van der Waals surface area (Å²) in [5.41, 5.74) is 0.727. The van der Waals surface area contributed by atoms with E-state index in [2.05, 4.69) is 5.32 Å². The molecule has 0 radical (unpaired) electrons. The van der Waals surface area contributed by atoms with Crippen LogP contribution < -0.4 is 15.0 Å². The number of para-hydroxylation sites is 2. The van der Waals surface area contributed by atoms with Crippen LogP contribution in [0.25, 0.3) is 0 Å². The van der Waals surface area contributed by atoms with Crippen molar-refractivity contribution in [1.82, 2.24) is 5.32 Å². The van der Waals surface area contributed by atoms with Gasteiger partial charge in [0.05, 0.1) is 12.2 Å². The Morgan fingerprint density at radius 1 is 1.32 bits per heavy atom. The van der Waals surface area contributed by atoms with Gasteiger partial charge in [0.15, 0.2) is 6.10 Å². The van der Waals surface area contributed by atoms with Gasteiger partial charge in [0, 0.05) is 13.0 Å². The first kappa shape index (κ1) is 12.0. The van der Waals surface area contributed by atoms with E-state index in [1.54, 1.807) is 11.0 Å². The van der Waals surface area contributed by atoms with Crippen LogP contribution in [0.5, 0.6) is 5.75 Å². The molecule has 19 heavy (non-hydrogen) atoms. The van der Waals surface area contributed by atoms with Gasteiger partial charge in [-0.3, -0.25) is 9.59 Å². The molecule has 1 N–H and O–H groups in total. The topological polar surface area (TPSA) is 58.6 Å². The molecule has 1 aromatic rings. The van der Waals surface area contributed by atoms with Crippen LogP contribution in [0.1, 0.15) is 19.8 Å². The molecule has 1 aliphatic heterocycles. The highest BCUT2D eigenvalue weighted by atomic mass is 16.5. The highest BCUT2D eigenvalue weighted by Gasteiger charge is 2.34. The zero-order valence-corrected chi connectivity index (χ0v) is 10.8. The second-order valence-electron chi connectivity index (χ2n) is 4.99. The van der Waals surface area contributed by atoms with Crippen molar-refractivity contribution in [1.29, 1.82) is 0 Å². The molecule has 0 bridgehead atoms. The van der Waals surface area contributed by atoms with Gasteiger partial charge in [0.25, 0.3) is 5.91 Å². The molecule has 5 nitrogen and oxygen atoms in total. The van der Waals surface area contributed by atoms with Gasteiger partial charge in [-0.1, -0.05) is 12.1 Å². The summed E-state index contributed by atoms with van der Waals surface area (Å²) in [6.07, 6.45) is 1.44. The summed E-state index contributed by atoms with van der Waals surface area (Å²) in [6.45, 7) is 1.77. The molecule has 1 heterocycles. The minimum absolute atomic E-state index is 0.0834. The molecule has 1 aromatic carbocycles. The maximum absolute atomic E-state index is 12.1. The van der Waals surface area contributed by atoms with Crippen LogP contribution in [0.3, 0.4) is 0 Å². The van der Waals surface area contributed by atoms with Gasteiger partial charge in [0.1, 0.15) is 5.75 Å². The zero-order chi connectivity index (χ0) is 13.4. The maximum Gasteiger partial charge on any atom is 0.263 e. The Morgan fingerprint density at radius 3 is 2.74 bits per heavy atom. The second kappa shape index (κ2) is 4.57. The van der Waals surface area contributed by atoms with Crippen molar-refractivity contribution in [2.75, 3.05) is 11.4 Å². The van der Waals surface area contributed by atoms with Crippen molar-refractivity contribution < 1.29 is 14.3 Å². The summed E-state index contributed by atoms with van der Waals surface area (Å²) in [5.74, 6) is 0.364. The molecular weight excluding hydrogens is 244 g/mol. The minimum atomic E-state index is -0.626.